The molecule has 3 rings (SSSR count). The lowest BCUT2D eigenvalue weighted by Crippen LogP contribution is -2.62. The molecule has 5 nitrogen and oxygen atoms in total. The van der Waals surface area contributed by atoms with Gasteiger partial charge in [0.05, 0.1) is 0 Å². The van der Waals surface area contributed by atoms with E-state index in [-0.39, 0.29) is 11.9 Å². The van der Waals surface area contributed by atoms with E-state index in [2.05, 4.69) is 27.5 Å². The number of carbonyl (C=O) groups excluding carboxylic acids is 1. The maximum atomic E-state index is 12.3. The average molecular weight is 280 g/mol. The number of carbonyl (C=O) groups is 1. The van der Waals surface area contributed by atoms with E-state index in [1.807, 2.05) is 6.92 Å². The fourth-order valence-electron chi connectivity index (χ4n) is 4.35. The maximum Gasteiger partial charge on any atom is 0.238 e. The zero-order valence-corrected chi connectivity index (χ0v) is 12.8. The van der Waals surface area contributed by atoms with Crippen molar-refractivity contribution < 1.29 is 4.79 Å². The van der Waals surface area contributed by atoms with Gasteiger partial charge in [-0.2, -0.15) is 0 Å². The molecule has 5 heteroatoms. The zero-order valence-electron chi connectivity index (χ0n) is 12.8. The largest absolute Gasteiger partial charge is 0.355 e. The third kappa shape index (κ3) is 2.59. The monoisotopic (exact) mass is 280 g/mol. The Labute approximate surface area is 122 Å². The highest BCUT2D eigenvalue weighted by Crippen LogP contribution is 2.36. The Morgan fingerprint density at radius 1 is 1.25 bits per heavy atom. The molecule has 3 atom stereocenters. The Kier molecular flexibility index (Phi) is 4.29. The van der Waals surface area contributed by atoms with Crippen LogP contribution in [0.5, 0.6) is 0 Å². The summed E-state index contributed by atoms with van der Waals surface area (Å²) >= 11 is 0. The first-order valence-corrected chi connectivity index (χ1v) is 8.16. The molecule has 20 heavy (non-hydrogen) atoms. The summed E-state index contributed by atoms with van der Waals surface area (Å²) in [7, 11) is 2.28. The Morgan fingerprint density at radius 3 is 2.60 bits per heavy atom. The fraction of sp³-hybridized carbons (Fsp3) is 0.933. The van der Waals surface area contributed by atoms with Gasteiger partial charge in [0.15, 0.2) is 0 Å². The number of piperidine rings is 1. The highest BCUT2D eigenvalue weighted by atomic mass is 16.2. The van der Waals surface area contributed by atoms with Gasteiger partial charge in [-0.3, -0.25) is 9.69 Å². The maximum absolute atomic E-state index is 12.3. The lowest BCUT2D eigenvalue weighted by atomic mass is 9.94. The van der Waals surface area contributed by atoms with E-state index in [0.717, 1.165) is 38.3 Å². The van der Waals surface area contributed by atoms with Gasteiger partial charge in [-0.05, 0) is 39.7 Å². The molecule has 3 unspecified atom stereocenters. The summed E-state index contributed by atoms with van der Waals surface area (Å²) in [5.41, 5.74) is 0. The second-order valence-corrected chi connectivity index (χ2v) is 6.53. The van der Waals surface area contributed by atoms with Crippen molar-refractivity contribution in [1.82, 2.24) is 20.4 Å². The van der Waals surface area contributed by atoms with Gasteiger partial charge in [0, 0.05) is 44.3 Å². The highest BCUT2D eigenvalue weighted by molar-refractivity contribution is 5.82. The Morgan fingerprint density at radius 2 is 1.95 bits per heavy atom. The minimum Gasteiger partial charge on any atom is -0.355 e. The van der Waals surface area contributed by atoms with Crippen LogP contribution in [0.25, 0.3) is 0 Å². The number of piperazine rings is 1. The Hall–Kier alpha value is -0.650. The number of hydrogen-bond acceptors (Lipinski definition) is 4. The number of rotatable bonds is 3. The van der Waals surface area contributed by atoms with Crippen molar-refractivity contribution in [3.63, 3.8) is 0 Å². The first kappa shape index (κ1) is 14.3. The van der Waals surface area contributed by atoms with Crippen LogP contribution in [-0.2, 0) is 4.79 Å². The summed E-state index contributed by atoms with van der Waals surface area (Å²) in [6.07, 6.45) is 5.16. The molecule has 1 amide bonds. The standard InChI is InChI=1S/C15H28N4O/c1-3-17-15(20)14-10-16-6-7-19(14)13-8-11-4-5-12(9-13)18(11)2/h11-14,16H,3-10H2,1-2H3,(H,17,20). The third-order valence-corrected chi connectivity index (χ3v) is 5.48. The normalized spacial score (nSPS) is 38.9. The Bertz CT molecular complexity index is 348. The second kappa shape index (κ2) is 6.00. The van der Waals surface area contributed by atoms with Gasteiger partial charge in [0.2, 0.25) is 5.91 Å². The fourth-order valence-corrected chi connectivity index (χ4v) is 4.35. The summed E-state index contributed by atoms with van der Waals surface area (Å²) in [6, 6.07) is 2.10. The van der Waals surface area contributed by atoms with E-state index in [4.69, 9.17) is 0 Å². The molecule has 0 spiro atoms. The number of nitrogens with zero attached hydrogens (tertiary/aromatic N) is 2. The molecular weight excluding hydrogens is 252 g/mol. The van der Waals surface area contributed by atoms with Crippen molar-refractivity contribution in [2.24, 2.45) is 0 Å². The molecule has 3 fully saturated rings. The van der Waals surface area contributed by atoms with E-state index < -0.39 is 0 Å². The summed E-state index contributed by atoms with van der Waals surface area (Å²) < 4.78 is 0. The van der Waals surface area contributed by atoms with Crippen molar-refractivity contribution in [3.05, 3.63) is 0 Å². The van der Waals surface area contributed by atoms with Crippen LogP contribution in [0.4, 0.5) is 0 Å². The van der Waals surface area contributed by atoms with Gasteiger partial charge in [-0.1, -0.05) is 0 Å². The van der Waals surface area contributed by atoms with Gasteiger partial charge < -0.3 is 15.5 Å². The molecule has 114 valence electrons. The zero-order chi connectivity index (χ0) is 14.1. The Balaban J connectivity index is 1.69. The lowest BCUT2D eigenvalue weighted by Gasteiger charge is -2.46. The molecule has 3 saturated heterocycles. The molecular formula is C15H28N4O. The molecule has 3 aliphatic rings. The van der Waals surface area contributed by atoms with Gasteiger partial charge in [-0.15, -0.1) is 0 Å². The molecule has 0 saturated carbocycles. The second-order valence-electron chi connectivity index (χ2n) is 6.53. The number of hydrogen-bond donors (Lipinski definition) is 2. The van der Waals surface area contributed by atoms with E-state index in [0.29, 0.717) is 6.04 Å². The third-order valence-electron chi connectivity index (χ3n) is 5.48. The van der Waals surface area contributed by atoms with Crippen LogP contribution in [-0.4, -0.2) is 73.1 Å². The van der Waals surface area contributed by atoms with Crippen molar-refractivity contribution in [2.75, 3.05) is 33.2 Å². The van der Waals surface area contributed by atoms with E-state index in [1.165, 1.54) is 25.7 Å². The van der Waals surface area contributed by atoms with Crippen LogP contribution < -0.4 is 10.6 Å². The SMILES string of the molecule is CCNC(=O)C1CNCCN1C1CC2CCC(C1)N2C. The summed E-state index contributed by atoms with van der Waals surface area (Å²) in [5, 5.41) is 6.38. The highest BCUT2D eigenvalue weighted by Gasteiger charge is 2.43. The molecule has 2 N–H and O–H groups in total. The van der Waals surface area contributed by atoms with Crippen molar-refractivity contribution in [1.29, 1.82) is 0 Å². The van der Waals surface area contributed by atoms with Crippen LogP contribution in [0, 0.1) is 0 Å². The van der Waals surface area contributed by atoms with Crippen LogP contribution >= 0.6 is 0 Å². The van der Waals surface area contributed by atoms with Crippen LogP contribution in [0.15, 0.2) is 0 Å². The smallest absolute Gasteiger partial charge is 0.238 e. The van der Waals surface area contributed by atoms with E-state index in [9.17, 15) is 4.79 Å². The van der Waals surface area contributed by atoms with Crippen LogP contribution in [0.2, 0.25) is 0 Å². The van der Waals surface area contributed by atoms with Crippen molar-refractivity contribution >= 4 is 5.91 Å². The molecule has 0 aromatic rings. The summed E-state index contributed by atoms with van der Waals surface area (Å²) in [4.78, 5) is 17.3. The molecule has 0 aromatic heterocycles. The van der Waals surface area contributed by atoms with Crippen molar-refractivity contribution in [2.45, 2.75) is 56.8 Å². The minimum absolute atomic E-state index is 0.0245. The molecule has 2 bridgehead atoms. The van der Waals surface area contributed by atoms with Gasteiger partial charge in [-0.25, -0.2) is 0 Å². The summed E-state index contributed by atoms with van der Waals surface area (Å²) in [5.74, 6) is 0.200. The van der Waals surface area contributed by atoms with Crippen LogP contribution in [0.3, 0.4) is 0 Å². The topological polar surface area (TPSA) is 47.6 Å². The van der Waals surface area contributed by atoms with E-state index >= 15 is 0 Å². The van der Waals surface area contributed by atoms with Gasteiger partial charge in [0.1, 0.15) is 6.04 Å². The minimum atomic E-state index is 0.0245. The van der Waals surface area contributed by atoms with Crippen molar-refractivity contribution in [3.8, 4) is 0 Å². The molecule has 0 radical (unpaired) electrons. The number of amides is 1. The number of fused-ring (bicyclic) bond motifs is 2. The van der Waals surface area contributed by atoms with Crippen LogP contribution in [0.1, 0.15) is 32.6 Å². The first-order valence-electron chi connectivity index (χ1n) is 8.16. The number of nitrogens with one attached hydrogen (secondary N) is 2. The van der Waals surface area contributed by atoms with Gasteiger partial charge >= 0.3 is 0 Å². The molecule has 3 aliphatic heterocycles. The molecule has 3 heterocycles. The quantitative estimate of drug-likeness (QED) is 0.765. The van der Waals surface area contributed by atoms with E-state index in [1.54, 1.807) is 0 Å². The molecule has 0 aliphatic carbocycles. The summed E-state index contributed by atoms with van der Waals surface area (Å²) in [6.45, 7) is 5.54. The predicted octanol–water partition coefficient (Wildman–Crippen LogP) is 0.0215. The first-order chi connectivity index (χ1) is 9.70. The average Bonchev–Trinajstić information content (AvgIpc) is 2.68. The number of likely N-dealkylation sites (N-methyl/N-ethyl adjacent to an activating group) is 1. The predicted molar refractivity (Wildman–Crippen MR) is 79.6 cm³/mol. The molecule has 0 aromatic carbocycles. The lowest BCUT2D eigenvalue weighted by molar-refractivity contribution is -0.128. The van der Waals surface area contributed by atoms with Gasteiger partial charge in [0.25, 0.3) is 0 Å².